The van der Waals surface area contributed by atoms with Crippen LogP contribution in [0.25, 0.3) is 11.1 Å². The second-order valence-electron chi connectivity index (χ2n) is 8.04. The monoisotopic (exact) mass is 405 g/mol. The smallest absolute Gasteiger partial charge is 0.282 e. The third-order valence-electron chi connectivity index (χ3n) is 5.07. The summed E-state index contributed by atoms with van der Waals surface area (Å²) in [6.07, 6.45) is 1.58. The van der Waals surface area contributed by atoms with Crippen LogP contribution in [0.15, 0.2) is 35.3 Å². The lowest BCUT2D eigenvalue weighted by atomic mass is 9.83. The number of methoxy groups -OCH3 is 1. The van der Waals surface area contributed by atoms with Crippen LogP contribution in [0.2, 0.25) is 0 Å². The summed E-state index contributed by atoms with van der Waals surface area (Å²) in [6, 6.07) is 7.32. The van der Waals surface area contributed by atoms with E-state index in [1.807, 2.05) is 12.1 Å². The van der Waals surface area contributed by atoms with E-state index in [0.29, 0.717) is 24.4 Å². The predicted octanol–water partition coefficient (Wildman–Crippen LogP) is 2.34. The molecule has 7 nitrogen and oxygen atoms in total. The van der Waals surface area contributed by atoms with Crippen molar-refractivity contribution >= 4 is 10.2 Å². The van der Waals surface area contributed by atoms with E-state index in [-0.39, 0.29) is 17.5 Å². The lowest BCUT2D eigenvalue weighted by molar-refractivity contribution is 0.395. The molecule has 1 aliphatic rings. The molecule has 1 aliphatic heterocycles. The molecule has 0 radical (unpaired) electrons. The fourth-order valence-corrected chi connectivity index (χ4v) is 4.74. The van der Waals surface area contributed by atoms with E-state index in [9.17, 15) is 13.2 Å². The number of benzene rings is 1. The summed E-state index contributed by atoms with van der Waals surface area (Å²) in [5.74, 6) is 0.684. The summed E-state index contributed by atoms with van der Waals surface area (Å²) in [6.45, 7) is 7.25. The quantitative estimate of drug-likeness (QED) is 0.846. The zero-order valence-electron chi connectivity index (χ0n) is 16.9. The molecule has 0 bridgehead atoms. The highest BCUT2D eigenvalue weighted by Crippen LogP contribution is 2.37. The maximum Gasteiger partial charge on any atom is 0.282 e. The molecular formula is C20H27N3O4S. The van der Waals surface area contributed by atoms with Gasteiger partial charge in [0.2, 0.25) is 0 Å². The lowest BCUT2D eigenvalue weighted by Crippen LogP contribution is -2.30. The predicted molar refractivity (Wildman–Crippen MR) is 110 cm³/mol. The number of likely N-dealkylation sites (N-methyl/N-ethyl adjacent to an activating group) is 1. The molecule has 0 unspecified atom stereocenters. The Balaban J connectivity index is 2.20. The zero-order chi connectivity index (χ0) is 20.7. The van der Waals surface area contributed by atoms with Gasteiger partial charge in [0, 0.05) is 44.0 Å². The van der Waals surface area contributed by atoms with E-state index >= 15 is 0 Å². The Kier molecular flexibility index (Phi) is 5.40. The number of hydrogen-bond donors (Lipinski definition) is 1. The first-order valence-corrected chi connectivity index (χ1v) is 10.6. The maximum atomic E-state index is 12.5. The van der Waals surface area contributed by atoms with Crippen molar-refractivity contribution in [2.45, 2.75) is 32.7 Å². The average Bonchev–Trinajstić information content (AvgIpc) is 2.87. The summed E-state index contributed by atoms with van der Waals surface area (Å²) in [7, 11) is -0.319. The third-order valence-corrected chi connectivity index (χ3v) is 7.01. The highest BCUT2D eigenvalue weighted by Gasteiger charge is 2.34. The van der Waals surface area contributed by atoms with Crippen molar-refractivity contribution < 1.29 is 13.2 Å². The molecule has 1 fully saturated rings. The molecule has 152 valence electrons. The molecule has 2 heterocycles. The Hall–Kier alpha value is -2.16. The fraction of sp³-hybridized carbons (Fsp3) is 0.450. The zero-order valence-corrected chi connectivity index (χ0v) is 17.8. The summed E-state index contributed by atoms with van der Waals surface area (Å²) in [5, 5.41) is 0. The van der Waals surface area contributed by atoms with Crippen LogP contribution >= 0.6 is 0 Å². The molecule has 1 aromatic carbocycles. The first-order valence-electron chi connectivity index (χ1n) is 9.16. The van der Waals surface area contributed by atoms with Crippen LogP contribution in [0.4, 0.5) is 0 Å². The Morgan fingerprint density at radius 2 is 1.89 bits per heavy atom. The van der Waals surface area contributed by atoms with Crippen molar-refractivity contribution in [3.05, 3.63) is 51.9 Å². The first kappa shape index (κ1) is 20.6. The first-order chi connectivity index (χ1) is 13.1. The summed E-state index contributed by atoms with van der Waals surface area (Å²) >= 11 is 0. The van der Waals surface area contributed by atoms with E-state index in [1.165, 1.54) is 8.61 Å². The summed E-state index contributed by atoms with van der Waals surface area (Å²) in [4.78, 5) is 15.2. The van der Waals surface area contributed by atoms with Gasteiger partial charge in [0.05, 0.1) is 7.11 Å². The van der Waals surface area contributed by atoms with Gasteiger partial charge >= 0.3 is 0 Å². The molecule has 0 amide bonds. The van der Waals surface area contributed by atoms with Gasteiger partial charge < -0.3 is 9.72 Å². The highest BCUT2D eigenvalue weighted by molar-refractivity contribution is 7.86. The maximum absolute atomic E-state index is 12.5. The summed E-state index contributed by atoms with van der Waals surface area (Å²) < 4.78 is 33.5. The van der Waals surface area contributed by atoms with E-state index in [1.54, 1.807) is 32.5 Å². The van der Waals surface area contributed by atoms with Crippen molar-refractivity contribution in [1.82, 2.24) is 13.6 Å². The molecular weight excluding hydrogens is 378 g/mol. The minimum absolute atomic E-state index is 0.178. The number of H-pyrrole nitrogens is 1. The Bertz CT molecular complexity index is 1040. The molecule has 1 N–H and O–H groups in total. The van der Waals surface area contributed by atoms with Gasteiger partial charge in [-0.05, 0) is 40.8 Å². The highest BCUT2D eigenvalue weighted by atomic mass is 32.2. The molecule has 0 atom stereocenters. The number of nitrogens with zero attached hydrogens (tertiary/aromatic N) is 2. The van der Waals surface area contributed by atoms with E-state index in [4.69, 9.17) is 4.74 Å². The molecule has 2 aromatic rings. The normalized spacial score (nSPS) is 17.8. The number of aromatic nitrogens is 1. The van der Waals surface area contributed by atoms with Crippen LogP contribution in [-0.4, -0.2) is 49.3 Å². The van der Waals surface area contributed by atoms with Gasteiger partial charge in [0.25, 0.3) is 15.8 Å². The summed E-state index contributed by atoms with van der Waals surface area (Å²) in [5.41, 5.74) is 2.50. The second-order valence-corrected chi connectivity index (χ2v) is 10.1. The second kappa shape index (κ2) is 7.35. The van der Waals surface area contributed by atoms with E-state index in [2.05, 4.69) is 25.8 Å². The SMILES string of the molecule is COc1cc(CN2CCN(C)S2(=O)=O)c(-c2ccc[nH]c2=O)cc1C(C)(C)C. The molecule has 0 spiro atoms. The van der Waals surface area contributed by atoms with Crippen molar-refractivity contribution in [3.63, 3.8) is 0 Å². The molecule has 8 heteroatoms. The van der Waals surface area contributed by atoms with Crippen LogP contribution in [0.5, 0.6) is 5.75 Å². The Morgan fingerprint density at radius 1 is 1.18 bits per heavy atom. The van der Waals surface area contributed by atoms with Crippen LogP contribution in [0.3, 0.4) is 0 Å². The van der Waals surface area contributed by atoms with Gasteiger partial charge in [-0.2, -0.15) is 17.0 Å². The Labute approximate surface area is 166 Å². The van der Waals surface area contributed by atoms with Crippen LogP contribution in [0.1, 0.15) is 31.9 Å². The van der Waals surface area contributed by atoms with Crippen LogP contribution < -0.4 is 10.3 Å². The number of rotatable bonds is 4. The standard InChI is InChI=1S/C20H27N3O4S/c1-20(2,3)17-12-16(15-7-6-8-21-19(15)24)14(11-18(17)27-5)13-23-10-9-22(4)28(23,25)26/h6-8,11-12H,9-10,13H2,1-5H3,(H,21,24). The van der Waals surface area contributed by atoms with Gasteiger partial charge in [-0.15, -0.1) is 0 Å². The van der Waals surface area contributed by atoms with Crippen molar-refractivity contribution in [2.24, 2.45) is 0 Å². The largest absolute Gasteiger partial charge is 0.496 e. The molecule has 0 saturated carbocycles. The molecule has 3 rings (SSSR count). The van der Waals surface area contributed by atoms with Gasteiger partial charge in [-0.25, -0.2) is 0 Å². The number of nitrogens with one attached hydrogen (secondary N) is 1. The molecule has 28 heavy (non-hydrogen) atoms. The number of hydrogen-bond acceptors (Lipinski definition) is 4. The van der Waals surface area contributed by atoms with Gasteiger partial charge in [-0.1, -0.05) is 20.8 Å². The number of pyridine rings is 1. The average molecular weight is 406 g/mol. The minimum atomic E-state index is -3.49. The van der Waals surface area contributed by atoms with Crippen LogP contribution in [-0.2, 0) is 22.2 Å². The van der Waals surface area contributed by atoms with Gasteiger partial charge in [-0.3, -0.25) is 4.79 Å². The van der Waals surface area contributed by atoms with E-state index < -0.39 is 10.2 Å². The third kappa shape index (κ3) is 3.72. The van der Waals surface area contributed by atoms with Crippen molar-refractivity contribution in [2.75, 3.05) is 27.2 Å². The lowest BCUT2D eigenvalue weighted by Gasteiger charge is -2.25. The molecule has 0 aliphatic carbocycles. The van der Waals surface area contributed by atoms with Crippen molar-refractivity contribution in [1.29, 1.82) is 0 Å². The van der Waals surface area contributed by atoms with Gasteiger partial charge in [0.1, 0.15) is 5.75 Å². The van der Waals surface area contributed by atoms with Crippen LogP contribution in [0, 0.1) is 0 Å². The topological polar surface area (TPSA) is 82.7 Å². The molecule has 1 aromatic heterocycles. The minimum Gasteiger partial charge on any atom is -0.496 e. The fourth-order valence-electron chi connectivity index (χ4n) is 3.42. The Morgan fingerprint density at radius 3 is 2.43 bits per heavy atom. The number of ether oxygens (including phenoxy) is 1. The van der Waals surface area contributed by atoms with E-state index in [0.717, 1.165) is 16.7 Å². The molecule has 1 saturated heterocycles. The van der Waals surface area contributed by atoms with Crippen molar-refractivity contribution in [3.8, 4) is 16.9 Å². The van der Waals surface area contributed by atoms with Gasteiger partial charge in [0.15, 0.2) is 0 Å². The number of aromatic amines is 1.